The Morgan fingerprint density at radius 2 is 2.00 bits per heavy atom. The van der Waals surface area contributed by atoms with Crippen LogP contribution in [0, 0.1) is 5.92 Å². The van der Waals surface area contributed by atoms with E-state index in [0.717, 1.165) is 32.4 Å². The maximum absolute atomic E-state index is 12.5. The van der Waals surface area contributed by atoms with Crippen molar-refractivity contribution in [2.45, 2.75) is 33.1 Å². The predicted octanol–water partition coefficient (Wildman–Crippen LogP) is 3.36. The van der Waals surface area contributed by atoms with Crippen molar-refractivity contribution < 1.29 is 14.3 Å². The third-order valence-corrected chi connectivity index (χ3v) is 3.94. The lowest BCUT2D eigenvalue weighted by molar-refractivity contribution is 0.0697. The number of hydrogen-bond acceptors (Lipinski definition) is 3. The summed E-state index contributed by atoms with van der Waals surface area (Å²) in [6.45, 7) is 6.63. The SMILES string of the molecule is CCCOc1ccc(C(=O)N2CCC(C)CC2)cc1OC. The van der Waals surface area contributed by atoms with E-state index in [-0.39, 0.29) is 5.91 Å². The minimum Gasteiger partial charge on any atom is -0.493 e. The quantitative estimate of drug-likeness (QED) is 0.835. The molecule has 1 aliphatic rings. The fraction of sp³-hybridized carbons (Fsp3) is 0.588. The molecule has 0 bridgehead atoms. The summed E-state index contributed by atoms with van der Waals surface area (Å²) in [6, 6.07) is 5.44. The first kappa shape index (κ1) is 15.7. The minimum atomic E-state index is 0.0854. The second-order valence-corrected chi connectivity index (χ2v) is 5.69. The van der Waals surface area contributed by atoms with Gasteiger partial charge in [-0.3, -0.25) is 4.79 Å². The van der Waals surface area contributed by atoms with E-state index in [1.165, 1.54) is 0 Å². The van der Waals surface area contributed by atoms with Crippen molar-refractivity contribution in [1.29, 1.82) is 0 Å². The van der Waals surface area contributed by atoms with Gasteiger partial charge >= 0.3 is 0 Å². The molecule has 1 aromatic rings. The molecule has 1 aliphatic heterocycles. The third-order valence-electron chi connectivity index (χ3n) is 3.94. The molecule has 0 atom stereocenters. The van der Waals surface area contributed by atoms with Gasteiger partial charge in [-0.05, 0) is 43.4 Å². The van der Waals surface area contributed by atoms with Gasteiger partial charge in [-0.25, -0.2) is 0 Å². The van der Waals surface area contributed by atoms with Crippen molar-refractivity contribution in [3.63, 3.8) is 0 Å². The molecule has 1 amide bonds. The first-order valence-electron chi connectivity index (χ1n) is 7.75. The van der Waals surface area contributed by atoms with Gasteiger partial charge in [0.25, 0.3) is 5.91 Å². The van der Waals surface area contributed by atoms with Gasteiger partial charge in [0, 0.05) is 18.7 Å². The number of benzene rings is 1. The number of likely N-dealkylation sites (tertiary alicyclic amines) is 1. The number of ether oxygens (including phenoxy) is 2. The second-order valence-electron chi connectivity index (χ2n) is 5.69. The molecular weight excluding hydrogens is 266 g/mol. The van der Waals surface area contributed by atoms with Crippen LogP contribution in [0.5, 0.6) is 11.5 Å². The Bertz CT molecular complexity index is 479. The third kappa shape index (κ3) is 3.90. The van der Waals surface area contributed by atoms with E-state index in [9.17, 15) is 4.79 Å². The van der Waals surface area contributed by atoms with Crippen molar-refractivity contribution in [1.82, 2.24) is 4.90 Å². The number of rotatable bonds is 5. The molecule has 0 N–H and O–H groups in total. The Morgan fingerprint density at radius 3 is 2.62 bits per heavy atom. The molecule has 0 spiro atoms. The first-order valence-corrected chi connectivity index (χ1v) is 7.75. The summed E-state index contributed by atoms with van der Waals surface area (Å²) in [6.07, 6.45) is 3.11. The van der Waals surface area contributed by atoms with Crippen molar-refractivity contribution in [2.24, 2.45) is 5.92 Å². The van der Waals surface area contributed by atoms with Crippen LogP contribution >= 0.6 is 0 Å². The highest BCUT2D eigenvalue weighted by atomic mass is 16.5. The van der Waals surface area contributed by atoms with Crippen LogP contribution in [0.2, 0.25) is 0 Å². The molecule has 21 heavy (non-hydrogen) atoms. The summed E-state index contributed by atoms with van der Waals surface area (Å²) in [5, 5.41) is 0. The summed E-state index contributed by atoms with van der Waals surface area (Å²) in [4.78, 5) is 14.5. The number of nitrogens with zero attached hydrogens (tertiary/aromatic N) is 1. The van der Waals surface area contributed by atoms with Crippen molar-refractivity contribution in [3.8, 4) is 11.5 Å². The molecule has 0 aromatic heterocycles. The number of amides is 1. The van der Waals surface area contributed by atoms with Crippen LogP contribution in [-0.4, -0.2) is 37.6 Å². The molecular formula is C17H25NO3. The van der Waals surface area contributed by atoms with E-state index >= 15 is 0 Å². The van der Waals surface area contributed by atoms with Gasteiger partial charge in [-0.15, -0.1) is 0 Å². The highest BCUT2D eigenvalue weighted by Gasteiger charge is 2.22. The first-order chi connectivity index (χ1) is 10.2. The van der Waals surface area contributed by atoms with E-state index < -0.39 is 0 Å². The Kier molecular flexibility index (Phi) is 5.48. The average molecular weight is 291 g/mol. The summed E-state index contributed by atoms with van der Waals surface area (Å²) >= 11 is 0. The minimum absolute atomic E-state index is 0.0854. The maximum Gasteiger partial charge on any atom is 0.253 e. The van der Waals surface area contributed by atoms with Crippen molar-refractivity contribution >= 4 is 5.91 Å². The van der Waals surface area contributed by atoms with E-state index in [1.807, 2.05) is 17.0 Å². The lowest BCUT2D eigenvalue weighted by atomic mass is 9.98. The smallest absolute Gasteiger partial charge is 0.253 e. The summed E-state index contributed by atoms with van der Waals surface area (Å²) < 4.78 is 11.0. The Labute approximate surface area is 127 Å². The van der Waals surface area contributed by atoms with Gasteiger partial charge in [0.1, 0.15) is 0 Å². The molecule has 4 heteroatoms. The van der Waals surface area contributed by atoms with E-state index in [4.69, 9.17) is 9.47 Å². The summed E-state index contributed by atoms with van der Waals surface area (Å²) in [7, 11) is 1.60. The maximum atomic E-state index is 12.5. The second kappa shape index (κ2) is 7.34. The standard InChI is InChI=1S/C17H25NO3/c1-4-11-21-15-6-5-14(12-16(15)20-3)17(19)18-9-7-13(2)8-10-18/h5-6,12-13H,4,7-11H2,1-3H3. The molecule has 0 radical (unpaired) electrons. The van der Waals surface area contributed by atoms with E-state index in [1.54, 1.807) is 13.2 Å². The van der Waals surface area contributed by atoms with E-state index in [0.29, 0.717) is 29.6 Å². The van der Waals surface area contributed by atoms with Crippen LogP contribution in [0.15, 0.2) is 18.2 Å². The topological polar surface area (TPSA) is 38.8 Å². The number of methoxy groups -OCH3 is 1. The molecule has 116 valence electrons. The highest BCUT2D eigenvalue weighted by molar-refractivity contribution is 5.95. The molecule has 1 heterocycles. The molecule has 0 unspecified atom stereocenters. The van der Waals surface area contributed by atoms with Crippen LogP contribution in [-0.2, 0) is 0 Å². The normalized spacial score (nSPS) is 15.9. The Hall–Kier alpha value is -1.71. The van der Waals surface area contributed by atoms with E-state index in [2.05, 4.69) is 13.8 Å². The number of carbonyl (C=O) groups excluding carboxylic acids is 1. The number of piperidine rings is 1. The highest BCUT2D eigenvalue weighted by Crippen LogP contribution is 2.29. The lowest BCUT2D eigenvalue weighted by Gasteiger charge is -2.30. The predicted molar refractivity (Wildman–Crippen MR) is 83.1 cm³/mol. The zero-order valence-electron chi connectivity index (χ0n) is 13.2. The number of carbonyl (C=O) groups is 1. The molecule has 1 aromatic carbocycles. The zero-order valence-corrected chi connectivity index (χ0v) is 13.2. The van der Waals surface area contributed by atoms with Crippen molar-refractivity contribution in [2.75, 3.05) is 26.8 Å². The lowest BCUT2D eigenvalue weighted by Crippen LogP contribution is -2.37. The van der Waals surface area contributed by atoms with Crippen LogP contribution in [0.1, 0.15) is 43.5 Å². The summed E-state index contributed by atoms with van der Waals surface area (Å²) in [5.74, 6) is 2.12. The van der Waals surface area contributed by atoms with Crippen LogP contribution in [0.4, 0.5) is 0 Å². The molecule has 1 fully saturated rings. The van der Waals surface area contributed by atoms with Crippen molar-refractivity contribution in [3.05, 3.63) is 23.8 Å². The van der Waals surface area contributed by atoms with Gasteiger partial charge in [0.05, 0.1) is 13.7 Å². The zero-order chi connectivity index (χ0) is 15.2. The fourth-order valence-electron chi connectivity index (χ4n) is 2.53. The van der Waals surface area contributed by atoms with Crippen LogP contribution < -0.4 is 9.47 Å². The molecule has 4 nitrogen and oxygen atoms in total. The molecule has 2 rings (SSSR count). The molecule has 1 saturated heterocycles. The largest absolute Gasteiger partial charge is 0.493 e. The number of hydrogen-bond donors (Lipinski definition) is 0. The monoisotopic (exact) mass is 291 g/mol. The Morgan fingerprint density at radius 1 is 1.29 bits per heavy atom. The van der Waals surface area contributed by atoms with Gasteiger partial charge < -0.3 is 14.4 Å². The van der Waals surface area contributed by atoms with Crippen LogP contribution in [0.25, 0.3) is 0 Å². The average Bonchev–Trinajstić information content (AvgIpc) is 2.52. The molecule has 0 aliphatic carbocycles. The fourth-order valence-corrected chi connectivity index (χ4v) is 2.53. The van der Waals surface area contributed by atoms with Gasteiger partial charge in [-0.2, -0.15) is 0 Å². The van der Waals surface area contributed by atoms with Gasteiger partial charge in [0.2, 0.25) is 0 Å². The van der Waals surface area contributed by atoms with Gasteiger partial charge in [0.15, 0.2) is 11.5 Å². The Balaban J connectivity index is 2.10. The van der Waals surface area contributed by atoms with Gasteiger partial charge in [-0.1, -0.05) is 13.8 Å². The van der Waals surface area contributed by atoms with Crippen LogP contribution in [0.3, 0.4) is 0 Å². The summed E-state index contributed by atoms with van der Waals surface area (Å²) in [5.41, 5.74) is 0.672. The molecule has 0 saturated carbocycles.